The SMILES string of the molecule is COCCN(Cc1ccccc1)C(=O)c1sc2ccccc2c1Cl. The molecule has 0 aliphatic heterocycles. The zero-order valence-corrected chi connectivity index (χ0v) is 14.9. The lowest BCUT2D eigenvalue weighted by molar-refractivity contribution is 0.0685. The average molecular weight is 360 g/mol. The number of amides is 1. The van der Waals surface area contributed by atoms with Gasteiger partial charge in [-0.1, -0.05) is 60.1 Å². The molecule has 3 nitrogen and oxygen atoms in total. The lowest BCUT2D eigenvalue weighted by atomic mass is 10.2. The molecular weight excluding hydrogens is 342 g/mol. The summed E-state index contributed by atoms with van der Waals surface area (Å²) in [5.41, 5.74) is 1.08. The van der Waals surface area contributed by atoms with Gasteiger partial charge in [-0.05, 0) is 11.6 Å². The van der Waals surface area contributed by atoms with Gasteiger partial charge in [-0.25, -0.2) is 0 Å². The number of carbonyl (C=O) groups is 1. The first-order chi connectivity index (χ1) is 11.7. The lowest BCUT2D eigenvalue weighted by Crippen LogP contribution is -2.33. The molecule has 0 saturated heterocycles. The Hall–Kier alpha value is -1.88. The number of hydrogen-bond donors (Lipinski definition) is 0. The number of rotatable bonds is 6. The molecular formula is C19H18ClNO2S. The molecule has 1 amide bonds. The molecule has 0 unspecified atom stereocenters. The Labute approximate surface area is 150 Å². The number of fused-ring (bicyclic) bond motifs is 1. The Morgan fingerprint density at radius 3 is 2.54 bits per heavy atom. The maximum Gasteiger partial charge on any atom is 0.265 e. The van der Waals surface area contributed by atoms with Gasteiger partial charge in [-0.3, -0.25) is 4.79 Å². The Morgan fingerprint density at radius 1 is 1.12 bits per heavy atom. The standard InChI is InChI=1S/C19H18ClNO2S/c1-23-12-11-21(13-14-7-3-2-4-8-14)19(22)18-17(20)15-9-5-6-10-16(15)24-18/h2-10H,11-13H2,1H3. The maximum atomic E-state index is 13.0. The van der Waals surface area contributed by atoms with Crippen molar-refractivity contribution in [2.45, 2.75) is 6.54 Å². The van der Waals surface area contributed by atoms with E-state index in [0.29, 0.717) is 29.6 Å². The van der Waals surface area contributed by atoms with E-state index in [2.05, 4.69) is 0 Å². The van der Waals surface area contributed by atoms with E-state index in [-0.39, 0.29) is 5.91 Å². The molecule has 3 rings (SSSR count). The highest BCUT2D eigenvalue weighted by Crippen LogP contribution is 2.36. The molecule has 1 aromatic heterocycles. The number of methoxy groups -OCH3 is 1. The van der Waals surface area contributed by atoms with Crippen LogP contribution in [0.15, 0.2) is 54.6 Å². The fourth-order valence-corrected chi connectivity index (χ4v) is 4.03. The summed E-state index contributed by atoms with van der Waals surface area (Å²) >= 11 is 7.91. The van der Waals surface area contributed by atoms with E-state index < -0.39 is 0 Å². The minimum Gasteiger partial charge on any atom is -0.383 e. The molecule has 5 heteroatoms. The zero-order chi connectivity index (χ0) is 16.9. The monoisotopic (exact) mass is 359 g/mol. The van der Waals surface area contributed by atoms with Gasteiger partial charge < -0.3 is 9.64 Å². The van der Waals surface area contributed by atoms with Gasteiger partial charge in [0.05, 0.1) is 11.6 Å². The minimum absolute atomic E-state index is 0.0536. The van der Waals surface area contributed by atoms with Crippen molar-refractivity contribution < 1.29 is 9.53 Å². The smallest absolute Gasteiger partial charge is 0.265 e. The quantitative estimate of drug-likeness (QED) is 0.630. The summed E-state index contributed by atoms with van der Waals surface area (Å²) in [5, 5.41) is 1.47. The van der Waals surface area contributed by atoms with Crippen LogP contribution in [-0.2, 0) is 11.3 Å². The van der Waals surface area contributed by atoms with Crippen LogP contribution in [-0.4, -0.2) is 31.1 Å². The molecule has 0 aliphatic carbocycles. The molecule has 0 radical (unpaired) electrons. The van der Waals surface area contributed by atoms with Gasteiger partial charge in [0, 0.05) is 30.3 Å². The van der Waals surface area contributed by atoms with E-state index in [0.717, 1.165) is 15.6 Å². The fourth-order valence-electron chi connectivity index (χ4n) is 2.55. The third-order valence-corrected chi connectivity index (χ3v) is 5.46. The fraction of sp³-hybridized carbons (Fsp3) is 0.211. The molecule has 24 heavy (non-hydrogen) atoms. The molecule has 0 fully saturated rings. The van der Waals surface area contributed by atoms with Crippen LogP contribution >= 0.6 is 22.9 Å². The Balaban J connectivity index is 1.90. The second-order valence-electron chi connectivity index (χ2n) is 5.45. The van der Waals surface area contributed by atoms with Crippen LogP contribution in [0.4, 0.5) is 0 Å². The van der Waals surface area contributed by atoms with Crippen molar-refractivity contribution in [2.24, 2.45) is 0 Å². The number of hydrogen-bond acceptors (Lipinski definition) is 3. The van der Waals surface area contributed by atoms with Gasteiger partial charge in [-0.15, -0.1) is 11.3 Å². The normalized spacial score (nSPS) is 10.9. The van der Waals surface area contributed by atoms with Crippen LogP contribution in [0.1, 0.15) is 15.2 Å². The summed E-state index contributed by atoms with van der Waals surface area (Å²) < 4.78 is 6.19. The van der Waals surface area contributed by atoms with Gasteiger partial charge in [0.1, 0.15) is 4.88 Å². The number of ether oxygens (including phenoxy) is 1. The summed E-state index contributed by atoms with van der Waals surface area (Å²) in [4.78, 5) is 15.4. The predicted octanol–water partition coefficient (Wildman–Crippen LogP) is 4.84. The third kappa shape index (κ3) is 3.61. The van der Waals surface area contributed by atoms with E-state index in [9.17, 15) is 4.79 Å². The van der Waals surface area contributed by atoms with Crippen molar-refractivity contribution in [1.82, 2.24) is 4.90 Å². The molecule has 1 heterocycles. The highest BCUT2D eigenvalue weighted by molar-refractivity contribution is 7.21. The van der Waals surface area contributed by atoms with Crippen molar-refractivity contribution in [3.05, 3.63) is 70.1 Å². The van der Waals surface area contributed by atoms with Crippen molar-refractivity contribution in [2.75, 3.05) is 20.3 Å². The van der Waals surface area contributed by atoms with Crippen molar-refractivity contribution in [1.29, 1.82) is 0 Å². The minimum atomic E-state index is -0.0536. The Kier molecular flexibility index (Phi) is 5.51. The number of thiophene rings is 1. The zero-order valence-electron chi connectivity index (χ0n) is 13.4. The molecule has 0 spiro atoms. The van der Waals surface area contributed by atoms with Gasteiger partial charge in [0.2, 0.25) is 0 Å². The first-order valence-electron chi connectivity index (χ1n) is 7.70. The second-order valence-corrected chi connectivity index (χ2v) is 6.88. The maximum absolute atomic E-state index is 13.0. The van der Waals surface area contributed by atoms with Gasteiger partial charge in [-0.2, -0.15) is 0 Å². The number of halogens is 1. The predicted molar refractivity (Wildman–Crippen MR) is 99.9 cm³/mol. The molecule has 0 saturated carbocycles. The summed E-state index contributed by atoms with van der Waals surface area (Å²) in [6.07, 6.45) is 0. The molecule has 0 atom stereocenters. The van der Waals surface area contributed by atoms with E-state index in [1.54, 1.807) is 12.0 Å². The van der Waals surface area contributed by atoms with E-state index >= 15 is 0 Å². The van der Waals surface area contributed by atoms with E-state index in [4.69, 9.17) is 16.3 Å². The molecule has 0 N–H and O–H groups in total. The number of benzene rings is 2. The van der Waals surface area contributed by atoms with Gasteiger partial charge in [0.25, 0.3) is 5.91 Å². The van der Waals surface area contributed by atoms with Crippen molar-refractivity contribution in [3.8, 4) is 0 Å². The Bertz CT molecular complexity index is 832. The Morgan fingerprint density at radius 2 is 1.83 bits per heavy atom. The largest absolute Gasteiger partial charge is 0.383 e. The van der Waals surface area contributed by atoms with Crippen molar-refractivity contribution >= 4 is 38.9 Å². The molecule has 2 aromatic carbocycles. The van der Waals surface area contributed by atoms with Gasteiger partial charge >= 0.3 is 0 Å². The number of nitrogens with zero attached hydrogens (tertiary/aromatic N) is 1. The summed E-state index contributed by atoms with van der Waals surface area (Å²) in [6.45, 7) is 1.55. The molecule has 3 aromatic rings. The molecule has 124 valence electrons. The van der Waals surface area contributed by atoms with Crippen LogP contribution in [0.5, 0.6) is 0 Å². The third-order valence-electron chi connectivity index (χ3n) is 3.80. The number of carbonyl (C=O) groups excluding carboxylic acids is 1. The van der Waals surface area contributed by atoms with E-state index in [1.165, 1.54) is 11.3 Å². The molecule has 0 bridgehead atoms. The van der Waals surface area contributed by atoms with Crippen LogP contribution < -0.4 is 0 Å². The van der Waals surface area contributed by atoms with E-state index in [1.807, 2.05) is 54.6 Å². The first kappa shape index (κ1) is 17.0. The van der Waals surface area contributed by atoms with Crippen LogP contribution in [0, 0.1) is 0 Å². The lowest BCUT2D eigenvalue weighted by Gasteiger charge is -2.22. The van der Waals surface area contributed by atoms with Crippen LogP contribution in [0.25, 0.3) is 10.1 Å². The average Bonchev–Trinajstić information content (AvgIpc) is 2.96. The van der Waals surface area contributed by atoms with Crippen LogP contribution in [0.3, 0.4) is 0 Å². The second kappa shape index (κ2) is 7.79. The summed E-state index contributed by atoms with van der Waals surface area (Å²) in [6, 6.07) is 17.8. The first-order valence-corrected chi connectivity index (χ1v) is 8.89. The topological polar surface area (TPSA) is 29.5 Å². The highest BCUT2D eigenvalue weighted by Gasteiger charge is 2.22. The highest BCUT2D eigenvalue weighted by atomic mass is 35.5. The van der Waals surface area contributed by atoms with Crippen LogP contribution in [0.2, 0.25) is 5.02 Å². The summed E-state index contributed by atoms with van der Waals surface area (Å²) in [5.74, 6) is -0.0536. The van der Waals surface area contributed by atoms with Crippen molar-refractivity contribution in [3.63, 3.8) is 0 Å². The summed E-state index contributed by atoms with van der Waals surface area (Å²) in [7, 11) is 1.64. The van der Waals surface area contributed by atoms with Gasteiger partial charge in [0.15, 0.2) is 0 Å². The molecule has 0 aliphatic rings.